The highest BCUT2D eigenvalue weighted by Crippen LogP contribution is 2.31. The smallest absolute Gasteiger partial charge is 0.295 e. The van der Waals surface area contributed by atoms with Gasteiger partial charge >= 0.3 is 0 Å². The van der Waals surface area contributed by atoms with Crippen molar-refractivity contribution in [1.29, 1.82) is 0 Å². The van der Waals surface area contributed by atoms with Crippen molar-refractivity contribution in [3.05, 3.63) is 5.62 Å². The monoisotopic (exact) mass is 197 g/mol. The molecule has 0 saturated carbocycles. The maximum Gasteiger partial charge on any atom is 0.295 e. The Morgan fingerprint density at radius 3 is 2.20 bits per heavy atom. The molecule has 0 unspecified atom stereocenters. The molecule has 10 heavy (non-hydrogen) atoms. The normalized spacial score (nSPS) is 11.1. The van der Waals surface area contributed by atoms with E-state index in [2.05, 4.69) is 0 Å². The molecule has 59 valence electrons. The highest BCUT2D eigenvalue weighted by Gasteiger charge is 2.08. The average molecular weight is 197 g/mol. The molecule has 0 fully saturated rings. The Balaban J connectivity index is 3.38. The number of rotatable bonds is 6. The second-order valence-electron chi connectivity index (χ2n) is 1.28. The topological polar surface area (TPSA) is 18.5 Å². The molecular weight excluding hydrogens is 187 g/mol. The Labute approximate surface area is 72.2 Å². The van der Waals surface area contributed by atoms with E-state index < -0.39 is 0 Å². The van der Waals surface area contributed by atoms with E-state index >= 15 is 0 Å². The summed E-state index contributed by atoms with van der Waals surface area (Å²) in [6.07, 6.45) is 0. The third-order valence-corrected chi connectivity index (χ3v) is 2.44. The fourth-order valence-electron chi connectivity index (χ4n) is 0.361. The quantitative estimate of drug-likeness (QED) is 0.609. The summed E-state index contributed by atoms with van der Waals surface area (Å²) in [5.74, 6) is 0. The van der Waals surface area contributed by atoms with Gasteiger partial charge in [-0.25, -0.2) is 0 Å². The molecule has 0 saturated heterocycles. The summed E-state index contributed by atoms with van der Waals surface area (Å²) < 4.78 is 10.2. The summed E-state index contributed by atoms with van der Waals surface area (Å²) in [6.45, 7) is 5.88. The van der Waals surface area contributed by atoms with Crippen LogP contribution in [0.1, 0.15) is 13.8 Å². The van der Waals surface area contributed by atoms with Crippen molar-refractivity contribution in [2.24, 2.45) is 0 Å². The van der Waals surface area contributed by atoms with Gasteiger partial charge in [0.1, 0.15) is 0 Å². The Hall–Kier alpha value is 0.790. The molecule has 0 rings (SSSR count). The Morgan fingerprint density at radius 1 is 1.40 bits per heavy atom. The molecule has 0 aliphatic carbocycles. The Morgan fingerprint density at radius 2 is 1.90 bits per heavy atom. The molecule has 5 heteroatoms. The summed E-state index contributed by atoms with van der Waals surface area (Å²) in [7, 11) is 0. The van der Waals surface area contributed by atoms with Crippen molar-refractivity contribution in [2.45, 2.75) is 13.8 Å². The van der Waals surface area contributed by atoms with Crippen LogP contribution in [0.3, 0.4) is 0 Å². The predicted octanol–water partition coefficient (Wildman–Crippen LogP) is 2.56. The van der Waals surface area contributed by atoms with E-state index in [0.29, 0.717) is 18.8 Å². The molecule has 1 radical (unpaired) electrons. The molecule has 0 amide bonds. The highest BCUT2D eigenvalue weighted by atomic mass is 32.9. The predicted molar refractivity (Wildman–Crippen MR) is 48.4 cm³/mol. The molecule has 0 aromatic heterocycles. The Bertz CT molecular complexity index is 85.7. The van der Waals surface area contributed by atoms with Crippen LogP contribution >= 0.6 is 17.9 Å². The fraction of sp³-hybridized carbons (Fsp3) is 0.800. The molecule has 0 aliphatic heterocycles. The lowest BCUT2D eigenvalue weighted by atomic mass is 10.9. The molecule has 0 N–H and O–H groups in total. The second-order valence-corrected chi connectivity index (χ2v) is 4.28. The summed E-state index contributed by atoms with van der Waals surface area (Å²) in [6, 6.07) is 0. The first-order chi connectivity index (χ1) is 4.85. The summed E-state index contributed by atoms with van der Waals surface area (Å²) in [5.41, 5.74) is 0.585. The largest absolute Gasteiger partial charge is 0.336 e. The van der Waals surface area contributed by atoms with Gasteiger partial charge in [0.25, 0.3) is 5.62 Å². The van der Waals surface area contributed by atoms with Gasteiger partial charge in [-0.3, -0.25) is 0 Å². The van der Waals surface area contributed by atoms with E-state index in [1.165, 1.54) is 11.4 Å². The van der Waals surface area contributed by atoms with Gasteiger partial charge in [-0.2, -0.15) is 0 Å². The van der Waals surface area contributed by atoms with E-state index in [9.17, 15) is 0 Å². The SMILES string of the molecule is CCO[C](OCC)SP=S. The minimum Gasteiger partial charge on any atom is -0.336 e. The standard InChI is InChI=1S/C5H10O2PS2/c1-3-6-5(7-4-2)10-8-9/h3-4H2,1-2H3. The van der Waals surface area contributed by atoms with Crippen LogP contribution < -0.4 is 0 Å². The fourth-order valence-corrected chi connectivity index (χ4v) is 1.81. The maximum atomic E-state index is 5.11. The lowest BCUT2D eigenvalue weighted by molar-refractivity contribution is 0.0127. The average Bonchev–Trinajstić information content (AvgIpc) is 1.90. The zero-order valence-corrected chi connectivity index (χ0v) is 8.52. The summed E-state index contributed by atoms with van der Waals surface area (Å²) >= 11 is 6.10. The van der Waals surface area contributed by atoms with E-state index in [-0.39, 0.29) is 0 Å². The van der Waals surface area contributed by atoms with Crippen LogP contribution in [0.2, 0.25) is 0 Å². The summed E-state index contributed by atoms with van der Waals surface area (Å²) in [4.78, 5) is 0. The molecule has 0 spiro atoms. The minimum atomic E-state index is 0.585. The van der Waals surface area contributed by atoms with Gasteiger partial charge in [-0.05, 0) is 37.0 Å². The molecule has 0 aromatic rings. The first-order valence-corrected chi connectivity index (χ1v) is 6.30. The van der Waals surface area contributed by atoms with Crippen LogP contribution in [-0.4, -0.2) is 13.2 Å². The van der Waals surface area contributed by atoms with Crippen LogP contribution in [0.25, 0.3) is 0 Å². The van der Waals surface area contributed by atoms with Crippen molar-refractivity contribution in [3.8, 4) is 0 Å². The lowest BCUT2D eigenvalue weighted by Crippen LogP contribution is -2.01. The second kappa shape index (κ2) is 7.89. The van der Waals surface area contributed by atoms with Gasteiger partial charge in [-0.1, -0.05) is 0 Å². The van der Waals surface area contributed by atoms with Gasteiger partial charge in [0.05, 0.1) is 0 Å². The van der Waals surface area contributed by atoms with Crippen molar-refractivity contribution < 1.29 is 9.47 Å². The van der Waals surface area contributed by atoms with Crippen LogP contribution in [-0.2, 0) is 21.3 Å². The number of hydrogen-bond acceptors (Lipinski definition) is 4. The van der Waals surface area contributed by atoms with Crippen molar-refractivity contribution in [3.63, 3.8) is 0 Å². The van der Waals surface area contributed by atoms with Crippen molar-refractivity contribution >= 4 is 29.7 Å². The van der Waals surface area contributed by atoms with E-state index in [1.54, 1.807) is 0 Å². The molecule has 0 aromatic carbocycles. The zero-order chi connectivity index (χ0) is 7.82. The molecule has 0 aliphatic rings. The third kappa shape index (κ3) is 5.57. The Kier molecular flexibility index (Phi) is 8.52. The van der Waals surface area contributed by atoms with Gasteiger partial charge < -0.3 is 9.47 Å². The van der Waals surface area contributed by atoms with Crippen molar-refractivity contribution in [2.75, 3.05) is 13.2 Å². The van der Waals surface area contributed by atoms with Crippen LogP contribution in [0.5, 0.6) is 0 Å². The molecule has 2 nitrogen and oxygen atoms in total. The first-order valence-electron chi connectivity index (χ1n) is 2.97. The van der Waals surface area contributed by atoms with Gasteiger partial charge in [0, 0.05) is 19.8 Å². The molecular formula is C5H10O2PS2. The van der Waals surface area contributed by atoms with Gasteiger partial charge in [0.2, 0.25) is 0 Å². The maximum absolute atomic E-state index is 5.11. The molecule has 0 bridgehead atoms. The van der Waals surface area contributed by atoms with E-state index in [1.807, 2.05) is 13.8 Å². The van der Waals surface area contributed by atoms with Crippen molar-refractivity contribution in [1.82, 2.24) is 0 Å². The lowest BCUT2D eigenvalue weighted by Gasteiger charge is -2.09. The van der Waals surface area contributed by atoms with E-state index in [4.69, 9.17) is 21.3 Å². The number of ether oxygens (including phenoxy) is 2. The van der Waals surface area contributed by atoms with Crippen LogP contribution in [0, 0.1) is 5.62 Å². The third-order valence-electron chi connectivity index (χ3n) is 0.636. The minimum absolute atomic E-state index is 0.585. The van der Waals surface area contributed by atoms with Crippen LogP contribution in [0.15, 0.2) is 0 Å². The van der Waals surface area contributed by atoms with Gasteiger partial charge in [-0.15, -0.1) is 0 Å². The molecule has 0 atom stereocenters. The highest BCUT2D eigenvalue weighted by molar-refractivity contribution is 8.59. The van der Waals surface area contributed by atoms with E-state index in [0.717, 1.165) is 6.56 Å². The van der Waals surface area contributed by atoms with Gasteiger partial charge in [0.15, 0.2) is 0 Å². The summed E-state index contributed by atoms with van der Waals surface area (Å²) in [5, 5.41) is 0. The zero-order valence-electron chi connectivity index (χ0n) is 5.99. The number of hydrogen-bond donors (Lipinski definition) is 0. The first kappa shape index (κ1) is 10.8. The molecule has 0 heterocycles. The van der Waals surface area contributed by atoms with Crippen LogP contribution in [0.4, 0.5) is 0 Å².